The summed E-state index contributed by atoms with van der Waals surface area (Å²) in [6.45, 7) is 5.12. The van der Waals surface area contributed by atoms with E-state index in [1.165, 1.54) is 0 Å². The fourth-order valence-corrected chi connectivity index (χ4v) is 3.36. The summed E-state index contributed by atoms with van der Waals surface area (Å²) < 4.78 is 5.72. The lowest BCUT2D eigenvalue weighted by Gasteiger charge is -2.37. The zero-order chi connectivity index (χ0) is 16.9. The van der Waals surface area contributed by atoms with Gasteiger partial charge in [-0.05, 0) is 25.3 Å². The van der Waals surface area contributed by atoms with Crippen LogP contribution in [0, 0.1) is 0 Å². The van der Waals surface area contributed by atoms with Crippen LogP contribution in [0.4, 0.5) is 4.79 Å². The van der Waals surface area contributed by atoms with Crippen molar-refractivity contribution in [2.45, 2.75) is 38.5 Å². The van der Waals surface area contributed by atoms with Crippen LogP contribution in [-0.4, -0.2) is 60.1 Å². The molecule has 1 aromatic carbocycles. The highest BCUT2D eigenvalue weighted by atomic mass is 16.5. The summed E-state index contributed by atoms with van der Waals surface area (Å²) in [6, 6.07) is 10.1. The maximum absolute atomic E-state index is 12.5. The van der Waals surface area contributed by atoms with Crippen LogP contribution >= 0.6 is 0 Å². The van der Waals surface area contributed by atoms with E-state index in [0.717, 1.165) is 31.5 Å². The number of piperidine rings is 1. The van der Waals surface area contributed by atoms with Gasteiger partial charge in [0.05, 0.1) is 6.61 Å². The third kappa shape index (κ3) is 3.87. The number of nitrogens with one attached hydrogen (secondary N) is 1. The van der Waals surface area contributed by atoms with Gasteiger partial charge in [-0.25, -0.2) is 4.79 Å². The predicted octanol–water partition coefficient (Wildman–Crippen LogP) is 1.61. The van der Waals surface area contributed by atoms with Crippen LogP contribution in [0.25, 0.3) is 0 Å². The first-order chi connectivity index (χ1) is 11.6. The highest BCUT2D eigenvalue weighted by molar-refractivity contribution is 5.80. The Morgan fingerprint density at radius 3 is 2.58 bits per heavy atom. The summed E-state index contributed by atoms with van der Waals surface area (Å²) in [5.41, 5.74) is 1.07. The van der Waals surface area contributed by atoms with Crippen LogP contribution in [0.5, 0.6) is 0 Å². The van der Waals surface area contributed by atoms with Gasteiger partial charge in [0.1, 0.15) is 6.10 Å². The van der Waals surface area contributed by atoms with Gasteiger partial charge < -0.3 is 19.9 Å². The lowest BCUT2D eigenvalue weighted by molar-refractivity contribution is -0.144. The number of hydrogen-bond acceptors (Lipinski definition) is 3. The van der Waals surface area contributed by atoms with Gasteiger partial charge in [0.25, 0.3) is 5.91 Å². The monoisotopic (exact) mass is 331 g/mol. The second-order valence-electron chi connectivity index (χ2n) is 6.42. The third-order valence-electron chi connectivity index (χ3n) is 4.80. The first kappa shape index (κ1) is 16.8. The zero-order valence-electron chi connectivity index (χ0n) is 14.1. The molecule has 0 aromatic heterocycles. The van der Waals surface area contributed by atoms with E-state index < -0.39 is 6.10 Å². The number of hydrogen-bond donors (Lipinski definition) is 1. The lowest BCUT2D eigenvalue weighted by Crippen LogP contribution is -2.49. The van der Waals surface area contributed by atoms with E-state index in [0.29, 0.717) is 19.7 Å². The molecule has 2 heterocycles. The molecule has 3 rings (SSSR count). The fraction of sp³-hybridized carbons (Fsp3) is 0.556. The summed E-state index contributed by atoms with van der Waals surface area (Å²) >= 11 is 0. The Kier molecular flexibility index (Phi) is 5.35. The molecule has 2 aliphatic heterocycles. The van der Waals surface area contributed by atoms with Gasteiger partial charge >= 0.3 is 6.03 Å². The van der Waals surface area contributed by atoms with Gasteiger partial charge in [0.2, 0.25) is 0 Å². The maximum Gasteiger partial charge on any atom is 0.317 e. The van der Waals surface area contributed by atoms with Gasteiger partial charge in [-0.3, -0.25) is 4.79 Å². The first-order valence-corrected chi connectivity index (χ1v) is 8.64. The fourth-order valence-electron chi connectivity index (χ4n) is 3.36. The van der Waals surface area contributed by atoms with Gasteiger partial charge in [-0.15, -0.1) is 0 Å². The number of amides is 3. The molecule has 6 nitrogen and oxygen atoms in total. The van der Waals surface area contributed by atoms with Crippen LogP contribution in [0.15, 0.2) is 30.3 Å². The van der Waals surface area contributed by atoms with E-state index in [2.05, 4.69) is 5.32 Å². The second kappa shape index (κ2) is 7.66. The molecule has 0 bridgehead atoms. The van der Waals surface area contributed by atoms with Crippen molar-refractivity contribution in [3.63, 3.8) is 0 Å². The van der Waals surface area contributed by atoms with Crippen LogP contribution in [0.3, 0.4) is 0 Å². The SMILES string of the molecule is C[C@@H](OCc1ccccc1)C(=O)N1CCC(N2CCNC2=O)CC1. The quantitative estimate of drug-likeness (QED) is 0.892. The average molecular weight is 331 g/mol. The summed E-state index contributed by atoms with van der Waals surface area (Å²) in [5, 5.41) is 2.84. The lowest BCUT2D eigenvalue weighted by atomic mass is 10.0. The minimum absolute atomic E-state index is 0.0272. The molecule has 2 aliphatic rings. The number of likely N-dealkylation sites (tertiary alicyclic amines) is 1. The molecule has 2 saturated heterocycles. The Morgan fingerprint density at radius 2 is 1.96 bits per heavy atom. The molecule has 1 aromatic rings. The Labute approximate surface area is 142 Å². The number of benzene rings is 1. The van der Waals surface area contributed by atoms with Crippen molar-refractivity contribution in [2.75, 3.05) is 26.2 Å². The topological polar surface area (TPSA) is 61.9 Å². The third-order valence-corrected chi connectivity index (χ3v) is 4.80. The van der Waals surface area contributed by atoms with Crippen molar-refractivity contribution in [2.24, 2.45) is 0 Å². The van der Waals surface area contributed by atoms with Crippen LogP contribution < -0.4 is 5.32 Å². The first-order valence-electron chi connectivity index (χ1n) is 8.64. The molecule has 1 atom stereocenters. The molecule has 0 unspecified atom stereocenters. The molecule has 130 valence electrons. The van der Waals surface area contributed by atoms with E-state index in [1.54, 1.807) is 0 Å². The summed E-state index contributed by atoms with van der Waals surface area (Å²) in [7, 11) is 0. The molecule has 2 fully saturated rings. The summed E-state index contributed by atoms with van der Waals surface area (Å²) in [5.74, 6) is 0.0373. The minimum Gasteiger partial charge on any atom is -0.364 e. The molecule has 3 amide bonds. The van der Waals surface area contributed by atoms with Gasteiger partial charge in [-0.1, -0.05) is 30.3 Å². The smallest absolute Gasteiger partial charge is 0.317 e. The highest BCUT2D eigenvalue weighted by Gasteiger charge is 2.33. The average Bonchev–Trinajstić information content (AvgIpc) is 3.06. The van der Waals surface area contributed by atoms with E-state index in [1.807, 2.05) is 47.1 Å². The van der Waals surface area contributed by atoms with Crippen LogP contribution in [-0.2, 0) is 16.1 Å². The molecule has 1 N–H and O–H groups in total. The van der Waals surface area contributed by atoms with E-state index >= 15 is 0 Å². The Morgan fingerprint density at radius 1 is 1.25 bits per heavy atom. The van der Waals surface area contributed by atoms with Crippen molar-refractivity contribution in [3.8, 4) is 0 Å². The highest BCUT2D eigenvalue weighted by Crippen LogP contribution is 2.19. The molecular formula is C18H25N3O3. The normalized spacial score (nSPS) is 20.1. The molecule has 24 heavy (non-hydrogen) atoms. The molecule has 0 radical (unpaired) electrons. The number of carbonyl (C=O) groups is 2. The van der Waals surface area contributed by atoms with Crippen molar-refractivity contribution >= 4 is 11.9 Å². The Hall–Kier alpha value is -2.08. The molecule has 6 heteroatoms. The van der Waals surface area contributed by atoms with Crippen LogP contribution in [0.1, 0.15) is 25.3 Å². The number of rotatable bonds is 5. The number of ether oxygens (including phenoxy) is 1. The van der Waals surface area contributed by atoms with Crippen LogP contribution in [0.2, 0.25) is 0 Å². The molecular weight excluding hydrogens is 306 g/mol. The standard InChI is InChI=1S/C18H25N3O3/c1-14(24-13-15-5-3-2-4-6-15)17(22)20-10-7-16(8-11-20)21-12-9-19-18(21)23/h2-6,14,16H,7-13H2,1H3,(H,19,23)/t14-/m1/s1. The number of urea groups is 1. The molecule has 0 aliphatic carbocycles. The van der Waals surface area contributed by atoms with Crippen molar-refractivity contribution < 1.29 is 14.3 Å². The van der Waals surface area contributed by atoms with E-state index in [9.17, 15) is 9.59 Å². The summed E-state index contributed by atoms with van der Waals surface area (Å²) in [4.78, 5) is 28.0. The van der Waals surface area contributed by atoms with E-state index in [4.69, 9.17) is 4.74 Å². The minimum atomic E-state index is -0.447. The summed E-state index contributed by atoms with van der Waals surface area (Å²) in [6.07, 6.45) is 1.23. The molecule has 0 spiro atoms. The van der Waals surface area contributed by atoms with Crippen molar-refractivity contribution in [1.29, 1.82) is 0 Å². The van der Waals surface area contributed by atoms with Crippen molar-refractivity contribution in [3.05, 3.63) is 35.9 Å². The van der Waals surface area contributed by atoms with Gasteiger partial charge in [0, 0.05) is 32.2 Å². The maximum atomic E-state index is 12.5. The molecule has 0 saturated carbocycles. The Balaban J connectivity index is 1.45. The van der Waals surface area contributed by atoms with E-state index in [-0.39, 0.29) is 18.0 Å². The van der Waals surface area contributed by atoms with Gasteiger partial charge in [-0.2, -0.15) is 0 Å². The predicted molar refractivity (Wildman–Crippen MR) is 90.4 cm³/mol. The number of carbonyl (C=O) groups excluding carboxylic acids is 2. The largest absolute Gasteiger partial charge is 0.364 e. The number of nitrogens with zero attached hydrogens (tertiary/aromatic N) is 2. The second-order valence-corrected chi connectivity index (χ2v) is 6.42. The zero-order valence-corrected chi connectivity index (χ0v) is 14.1. The van der Waals surface area contributed by atoms with Gasteiger partial charge in [0.15, 0.2) is 0 Å². The van der Waals surface area contributed by atoms with Crippen molar-refractivity contribution in [1.82, 2.24) is 15.1 Å². The Bertz CT molecular complexity index is 570.